The summed E-state index contributed by atoms with van der Waals surface area (Å²) >= 11 is 0. The number of hydrogen-bond donors (Lipinski definition) is 3. The van der Waals surface area contributed by atoms with Crippen LogP contribution in [0.1, 0.15) is 125 Å². The van der Waals surface area contributed by atoms with Crippen LogP contribution in [0.3, 0.4) is 0 Å². The Morgan fingerprint density at radius 1 is 0.844 bits per heavy atom. The zero-order valence-corrected chi connectivity index (χ0v) is 29.0. The molecule has 4 aliphatic carbocycles. The number of ether oxygens (including phenoxy) is 2. The molecule has 5 fully saturated rings. The molecular weight excluding hydrogens is 564 g/mol. The number of fused-ring (bicyclic) bond motifs is 5. The highest BCUT2D eigenvalue weighted by Gasteiger charge is 2.70. The van der Waals surface area contributed by atoms with Gasteiger partial charge in [-0.3, -0.25) is 0 Å². The van der Waals surface area contributed by atoms with E-state index in [2.05, 4.69) is 41.5 Å². The smallest absolute Gasteiger partial charge is 0.331 e. The normalized spacial score (nSPS) is 44.3. The van der Waals surface area contributed by atoms with Crippen LogP contribution >= 0.6 is 0 Å². The molecule has 1 aromatic carbocycles. The van der Waals surface area contributed by atoms with Crippen molar-refractivity contribution in [2.45, 2.75) is 143 Å². The lowest BCUT2D eigenvalue weighted by molar-refractivity contribution is -0.230. The summed E-state index contributed by atoms with van der Waals surface area (Å²) in [5.41, 5.74) is 0.273. The Morgan fingerprint density at radius 3 is 2.22 bits per heavy atom. The van der Waals surface area contributed by atoms with Gasteiger partial charge in [0.25, 0.3) is 0 Å². The Hall–Kier alpha value is -2.05. The maximum Gasteiger partial charge on any atom is 0.331 e. The van der Waals surface area contributed by atoms with Crippen molar-refractivity contribution >= 4 is 12.0 Å². The van der Waals surface area contributed by atoms with Crippen LogP contribution in [0.5, 0.6) is 11.5 Å². The third kappa shape index (κ3) is 5.07. The Kier molecular flexibility index (Phi) is 7.84. The minimum atomic E-state index is -0.802. The van der Waals surface area contributed by atoms with Gasteiger partial charge in [0.15, 0.2) is 11.5 Å². The quantitative estimate of drug-likeness (QED) is 0.173. The zero-order chi connectivity index (χ0) is 32.8. The molecule has 0 aromatic heterocycles. The second kappa shape index (κ2) is 10.7. The van der Waals surface area contributed by atoms with Crippen molar-refractivity contribution < 1.29 is 29.6 Å². The summed E-state index contributed by atoms with van der Waals surface area (Å²) in [5, 5.41) is 30.1. The van der Waals surface area contributed by atoms with Gasteiger partial charge in [-0.2, -0.15) is 0 Å². The maximum absolute atomic E-state index is 13.0. The van der Waals surface area contributed by atoms with Gasteiger partial charge in [-0.25, -0.2) is 4.79 Å². The molecule has 0 bridgehead atoms. The highest BCUT2D eigenvalue weighted by atomic mass is 16.5. The molecule has 0 amide bonds. The number of carbonyl (C=O) groups excluding carboxylic acids is 1. The second-order valence-electron chi connectivity index (χ2n) is 17.8. The fourth-order valence-corrected chi connectivity index (χ4v) is 12.3. The summed E-state index contributed by atoms with van der Waals surface area (Å²) in [6.45, 7) is 18.6. The van der Waals surface area contributed by atoms with Gasteiger partial charge in [0.05, 0.1) is 17.3 Å². The van der Waals surface area contributed by atoms with Crippen LogP contribution in [0.15, 0.2) is 24.3 Å². The van der Waals surface area contributed by atoms with Gasteiger partial charge in [0.1, 0.15) is 6.10 Å². The molecule has 4 unspecified atom stereocenters. The fourth-order valence-electron chi connectivity index (χ4n) is 12.3. The summed E-state index contributed by atoms with van der Waals surface area (Å²) in [6, 6.07) is 4.50. The molecule has 4 saturated carbocycles. The summed E-state index contributed by atoms with van der Waals surface area (Å²) < 4.78 is 12.9. The first-order valence-corrected chi connectivity index (χ1v) is 17.7. The van der Waals surface area contributed by atoms with E-state index < -0.39 is 5.60 Å². The van der Waals surface area contributed by atoms with Crippen LogP contribution in [-0.2, 0) is 14.3 Å². The van der Waals surface area contributed by atoms with Crippen LogP contribution in [0.25, 0.3) is 6.08 Å². The van der Waals surface area contributed by atoms with Gasteiger partial charge in [0.2, 0.25) is 0 Å². The molecule has 3 N–H and O–H groups in total. The molecule has 0 spiro atoms. The van der Waals surface area contributed by atoms with Gasteiger partial charge in [0, 0.05) is 11.5 Å². The van der Waals surface area contributed by atoms with Crippen LogP contribution in [0.4, 0.5) is 0 Å². The van der Waals surface area contributed by atoms with Gasteiger partial charge in [-0.15, -0.1) is 0 Å². The topological polar surface area (TPSA) is 96.2 Å². The summed E-state index contributed by atoms with van der Waals surface area (Å²) in [7, 11) is 0. The van der Waals surface area contributed by atoms with Crippen LogP contribution in [0, 0.1) is 45.3 Å². The lowest BCUT2D eigenvalue weighted by Crippen LogP contribution is -2.64. The molecule has 250 valence electrons. The number of carbonyl (C=O) groups is 1. The number of phenolic OH excluding ortho intramolecular Hbond substituents is 2. The third-order valence-corrected chi connectivity index (χ3v) is 14.9. The summed E-state index contributed by atoms with van der Waals surface area (Å²) in [4.78, 5) is 13.0. The maximum atomic E-state index is 13.0. The first-order valence-electron chi connectivity index (χ1n) is 17.7. The molecule has 6 nitrogen and oxygen atoms in total. The highest BCUT2D eigenvalue weighted by Crippen LogP contribution is 2.76. The van der Waals surface area contributed by atoms with Gasteiger partial charge in [-0.1, -0.05) is 40.7 Å². The van der Waals surface area contributed by atoms with Crippen molar-refractivity contribution in [2.24, 2.45) is 45.3 Å². The third-order valence-electron chi connectivity index (χ3n) is 14.9. The Labute approximate surface area is 271 Å². The minimum Gasteiger partial charge on any atom is -0.504 e. The molecule has 5 aliphatic rings. The van der Waals surface area contributed by atoms with Crippen LogP contribution in [-0.4, -0.2) is 44.7 Å². The molecule has 1 aromatic rings. The van der Waals surface area contributed by atoms with E-state index in [4.69, 9.17) is 9.47 Å². The monoisotopic (exact) mass is 622 g/mol. The van der Waals surface area contributed by atoms with Crippen molar-refractivity contribution in [3.05, 3.63) is 29.8 Å². The molecule has 1 heterocycles. The second-order valence-corrected chi connectivity index (χ2v) is 17.8. The summed E-state index contributed by atoms with van der Waals surface area (Å²) in [6.07, 6.45) is 14.1. The first kappa shape index (κ1) is 32.9. The van der Waals surface area contributed by atoms with Crippen molar-refractivity contribution in [3.63, 3.8) is 0 Å². The van der Waals surface area contributed by atoms with E-state index in [0.29, 0.717) is 29.2 Å². The van der Waals surface area contributed by atoms with Crippen molar-refractivity contribution in [1.29, 1.82) is 0 Å². The number of phenols is 2. The average molecular weight is 623 g/mol. The Morgan fingerprint density at radius 2 is 1.56 bits per heavy atom. The lowest BCUT2D eigenvalue weighted by atomic mass is 9.35. The van der Waals surface area contributed by atoms with E-state index in [1.807, 2.05) is 13.8 Å². The standard InChI is InChI=1S/C39H58O6/c1-34(2)29-16-21-38(7)30(13-11-25-26(15-20-37(25,38)6)39(8)22-18-32(45-39)35(3,4)43)36(29,5)19-17-31(34)44-33(42)14-10-24-9-12-27(40)28(41)23-24/h9-10,12,14,23,25-26,29-32,40-41,43H,11,13,15-22H2,1-8H3/b14-10+/t25?,26-,29?,30?,31-,32-,36-,37+,38+,39?/m0/s1. The minimum absolute atomic E-state index is 0.0844. The molecule has 6 rings (SSSR count). The van der Waals surface area contributed by atoms with E-state index in [0.717, 1.165) is 32.1 Å². The average Bonchev–Trinajstić information content (AvgIpc) is 3.53. The number of hydrogen-bond acceptors (Lipinski definition) is 6. The van der Waals surface area contributed by atoms with Gasteiger partial charge < -0.3 is 24.8 Å². The molecular formula is C39H58O6. The van der Waals surface area contributed by atoms with E-state index >= 15 is 0 Å². The lowest BCUT2D eigenvalue weighted by Gasteiger charge is -2.70. The van der Waals surface area contributed by atoms with E-state index in [-0.39, 0.29) is 56.9 Å². The molecule has 10 atom stereocenters. The van der Waals surface area contributed by atoms with Crippen LogP contribution < -0.4 is 0 Å². The van der Waals surface area contributed by atoms with E-state index in [9.17, 15) is 20.1 Å². The molecule has 0 radical (unpaired) electrons. The predicted molar refractivity (Wildman–Crippen MR) is 176 cm³/mol. The largest absolute Gasteiger partial charge is 0.504 e. The highest BCUT2D eigenvalue weighted by molar-refractivity contribution is 5.87. The number of esters is 1. The van der Waals surface area contributed by atoms with Gasteiger partial charge in [-0.05, 0) is 149 Å². The van der Waals surface area contributed by atoms with Crippen LogP contribution in [0.2, 0.25) is 0 Å². The van der Waals surface area contributed by atoms with Crippen molar-refractivity contribution in [2.75, 3.05) is 0 Å². The van der Waals surface area contributed by atoms with Crippen molar-refractivity contribution in [1.82, 2.24) is 0 Å². The van der Waals surface area contributed by atoms with E-state index in [1.54, 1.807) is 12.1 Å². The number of rotatable bonds is 5. The molecule has 45 heavy (non-hydrogen) atoms. The number of aromatic hydroxyl groups is 2. The van der Waals surface area contributed by atoms with E-state index in [1.165, 1.54) is 50.3 Å². The number of aliphatic hydroxyl groups is 1. The van der Waals surface area contributed by atoms with Crippen molar-refractivity contribution in [3.8, 4) is 11.5 Å². The molecule has 1 saturated heterocycles. The first-order chi connectivity index (χ1) is 20.8. The van der Waals surface area contributed by atoms with Gasteiger partial charge >= 0.3 is 5.97 Å². The molecule has 6 heteroatoms. The Balaban J connectivity index is 1.18. The molecule has 1 aliphatic heterocycles. The SMILES string of the molecule is CC(C)(O)[C@@H]1CCC(C)([C@H]2CC[C@]3(C)C2CCC2[C@@]4(C)CC[C@H](OC(=O)/C=C/c5ccc(O)c(O)c5)C(C)(C)C4CC[C@]23C)O1. The number of benzene rings is 1. The predicted octanol–water partition coefficient (Wildman–Crippen LogP) is 8.42. The Bertz CT molecular complexity index is 1340. The summed E-state index contributed by atoms with van der Waals surface area (Å²) in [5.74, 6) is 1.57. The fraction of sp³-hybridized carbons (Fsp3) is 0.769. The zero-order valence-electron chi connectivity index (χ0n) is 29.0.